The predicted molar refractivity (Wildman–Crippen MR) is 143 cm³/mol. The maximum Gasteiger partial charge on any atom is 0.416 e. The fraction of sp³-hybridized carbons (Fsp3) is 0.346. The molecule has 3 heterocycles. The SMILES string of the molecule is CC(NC(=O)c1cc(C(F)(F)F)ccc1F)C(=O)N1CCC2(CC1)C(=O)N(S(C)(=O)=O)C(=O)N2c1ccc2[nH]ncc2c1. The number of likely N-dealkylation sites (tertiary alicyclic amines) is 1. The lowest BCUT2D eigenvalue weighted by atomic mass is 9.85. The third-order valence-electron chi connectivity index (χ3n) is 7.55. The Morgan fingerprint density at radius 3 is 2.40 bits per heavy atom. The quantitative estimate of drug-likeness (QED) is 0.327. The molecule has 1 aromatic heterocycles. The number of hydrogen-bond donors (Lipinski definition) is 2. The number of fused-ring (bicyclic) bond motifs is 1. The number of carbonyl (C=O) groups is 4. The summed E-state index contributed by atoms with van der Waals surface area (Å²) in [5, 5.41) is 9.47. The van der Waals surface area contributed by atoms with Crippen LogP contribution in [0.4, 0.5) is 28.0 Å². The van der Waals surface area contributed by atoms with Gasteiger partial charge in [-0.15, -0.1) is 0 Å². The van der Waals surface area contributed by atoms with Crippen molar-refractivity contribution in [3.63, 3.8) is 0 Å². The molecule has 228 valence electrons. The third kappa shape index (κ3) is 5.17. The number of halogens is 4. The van der Waals surface area contributed by atoms with E-state index in [2.05, 4.69) is 15.5 Å². The number of carbonyl (C=O) groups excluding carboxylic acids is 4. The zero-order valence-electron chi connectivity index (χ0n) is 22.6. The Morgan fingerprint density at radius 1 is 1.09 bits per heavy atom. The summed E-state index contributed by atoms with van der Waals surface area (Å²) in [6.07, 6.45) is -2.93. The standard InChI is InChI=1S/C26H24F4N6O6S/c1-14(32-21(37)18-12-16(26(28,29)30)3-5-19(18)27)22(38)34-9-7-25(8-10-34)23(39)36(43(2,41)42)24(40)35(25)17-4-6-20-15(11-17)13-31-33-20/h3-6,11-14H,7-10H2,1-2H3,(H,31,33)(H,32,37). The van der Waals surface area contributed by atoms with Gasteiger partial charge in [0.2, 0.25) is 15.9 Å². The minimum Gasteiger partial charge on any atom is -0.341 e. The van der Waals surface area contributed by atoms with Gasteiger partial charge >= 0.3 is 12.2 Å². The van der Waals surface area contributed by atoms with Crippen LogP contribution in [0.5, 0.6) is 0 Å². The van der Waals surface area contributed by atoms with Gasteiger partial charge < -0.3 is 10.2 Å². The number of nitrogens with one attached hydrogen (secondary N) is 2. The Bertz CT molecular complexity index is 1770. The Labute approximate surface area is 241 Å². The first-order chi connectivity index (χ1) is 20.0. The van der Waals surface area contributed by atoms with Crippen LogP contribution >= 0.6 is 0 Å². The van der Waals surface area contributed by atoms with Crippen molar-refractivity contribution in [1.29, 1.82) is 0 Å². The number of anilines is 1. The van der Waals surface area contributed by atoms with Gasteiger partial charge in [0, 0.05) is 24.2 Å². The van der Waals surface area contributed by atoms with Gasteiger partial charge in [-0.05, 0) is 56.2 Å². The highest BCUT2D eigenvalue weighted by Crippen LogP contribution is 2.42. The van der Waals surface area contributed by atoms with E-state index in [0.29, 0.717) is 29.1 Å². The van der Waals surface area contributed by atoms with Gasteiger partial charge in [-0.25, -0.2) is 17.6 Å². The topological polar surface area (TPSA) is 153 Å². The number of aromatic nitrogens is 2. The van der Waals surface area contributed by atoms with Gasteiger partial charge in [0.05, 0.1) is 29.1 Å². The zero-order valence-corrected chi connectivity index (χ0v) is 23.4. The molecule has 17 heteroatoms. The van der Waals surface area contributed by atoms with Crippen LogP contribution in [0.15, 0.2) is 42.6 Å². The molecule has 0 aliphatic carbocycles. The van der Waals surface area contributed by atoms with Crippen molar-refractivity contribution in [3.8, 4) is 0 Å². The van der Waals surface area contributed by atoms with Gasteiger partial charge in [-0.3, -0.25) is 24.4 Å². The Morgan fingerprint density at radius 2 is 1.77 bits per heavy atom. The molecule has 3 aromatic rings. The molecule has 2 aliphatic heterocycles. The van der Waals surface area contributed by atoms with Gasteiger partial charge in [-0.2, -0.15) is 22.6 Å². The van der Waals surface area contributed by atoms with Crippen molar-refractivity contribution in [2.75, 3.05) is 24.2 Å². The van der Waals surface area contributed by atoms with Crippen molar-refractivity contribution in [3.05, 3.63) is 59.5 Å². The fourth-order valence-corrected chi connectivity index (χ4v) is 6.22. The second kappa shape index (κ2) is 10.3. The highest BCUT2D eigenvalue weighted by Gasteiger charge is 2.61. The smallest absolute Gasteiger partial charge is 0.341 e. The molecule has 43 heavy (non-hydrogen) atoms. The molecule has 5 amide bonds. The van der Waals surface area contributed by atoms with Crippen molar-refractivity contribution in [1.82, 2.24) is 24.7 Å². The fourth-order valence-electron chi connectivity index (χ4n) is 5.38. The summed E-state index contributed by atoms with van der Waals surface area (Å²) >= 11 is 0. The molecule has 0 bridgehead atoms. The van der Waals surface area contributed by atoms with E-state index in [-0.39, 0.29) is 35.9 Å². The molecule has 5 rings (SSSR count). The van der Waals surface area contributed by atoms with Crippen molar-refractivity contribution < 1.29 is 45.2 Å². The molecule has 0 radical (unpaired) electrons. The maximum atomic E-state index is 14.2. The maximum absolute atomic E-state index is 14.2. The summed E-state index contributed by atoms with van der Waals surface area (Å²) in [6, 6.07) is 3.68. The van der Waals surface area contributed by atoms with Gasteiger partial charge in [-0.1, -0.05) is 0 Å². The number of hydrogen-bond acceptors (Lipinski definition) is 7. The number of amides is 5. The lowest BCUT2D eigenvalue weighted by molar-refractivity contribution is -0.138. The third-order valence-corrected chi connectivity index (χ3v) is 8.53. The van der Waals surface area contributed by atoms with E-state index in [1.165, 1.54) is 24.1 Å². The van der Waals surface area contributed by atoms with Crippen LogP contribution in [0, 0.1) is 5.82 Å². The molecule has 2 N–H and O–H groups in total. The Kier molecular flexibility index (Phi) is 7.19. The molecule has 1 unspecified atom stereocenters. The van der Waals surface area contributed by atoms with E-state index in [1.807, 2.05) is 0 Å². The summed E-state index contributed by atoms with van der Waals surface area (Å²) in [4.78, 5) is 55.1. The molecule has 2 aliphatic rings. The number of alkyl halides is 3. The van der Waals surface area contributed by atoms with E-state index >= 15 is 0 Å². The average molecular weight is 625 g/mol. The van der Waals surface area contributed by atoms with Crippen molar-refractivity contribution in [2.24, 2.45) is 0 Å². The molecular weight excluding hydrogens is 600 g/mol. The van der Waals surface area contributed by atoms with Gasteiger partial charge in [0.15, 0.2) is 0 Å². The Balaban J connectivity index is 1.36. The Hall–Kier alpha value is -4.54. The van der Waals surface area contributed by atoms with Crippen LogP contribution in [0.25, 0.3) is 10.9 Å². The number of urea groups is 1. The van der Waals surface area contributed by atoms with Crippen molar-refractivity contribution >= 4 is 50.4 Å². The van der Waals surface area contributed by atoms with Crippen LogP contribution in [0.3, 0.4) is 0 Å². The first kappa shape index (κ1) is 29.9. The molecule has 12 nitrogen and oxygen atoms in total. The highest BCUT2D eigenvalue weighted by molar-refractivity contribution is 7.89. The minimum absolute atomic E-state index is 0.141. The van der Waals surface area contributed by atoms with Crippen molar-refractivity contribution in [2.45, 2.75) is 37.5 Å². The molecule has 1 atom stereocenters. The summed E-state index contributed by atoms with van der Waals surface area (Å²) in [6.45, 7) is 0.980. The first-order valence-electron chi connectivity index (χ1n) is 12.8. The van der Waals surface area contributed by atoms with Crippen LogP contribution in [-0.2, 0) is 25.8 Å². The van der Waals surface area contributed by atoms with E-state index in [1.54, 1.807) is 12.1 Å². The normalized spacial score (nSPS) is 18.0. The molecule has 1 spiro atoms. The molecule has 2 aromatic carbocycles. The second-order valence-corrected chi connectivity index (χ2v) is 12.2. The number of rotatable bonds is 5. The molecular formula is C26H24F4N6O6S. The van der Waals surface area contributed by atoms with Crippen LogP contribution in [-0.4, -0.2) is 82.5 Å². The molecule has 2 fully saturated rings. The van der Waals surface area contributed by atoms with Crippen LogP contribution in [0.2, 0.25) is 0 Å². The number of piperidine rings is 1. The number of sulfonamides is 1. The lowest BCUT2D eigenvalue weighted by Crippen LogP contribution is -2.59. The highest BCUT2D eigenvalue weighted by atomic mass is 32.2. The van der Waals surface area contributed by atoms with Crippen LogP contribution < -0.4 is 10.2 Å². The zero-order chi connectivity index (χ0) is 31.5. The lowest BCUT2D eigenvalue weighted by Gasteiger charge is -2.42. The van der Waals surface area contributed by atoms with Gasteiger partial charge in [0.25, 0.3) is 11.8 Å². The summed E-state index contributed by atoms with van der Waals surface area (Å²) < 4.78 is 78.4. The molecule has 0 saturated carbocycles. The summed E-state index contributed by atoms with van der Waals surface area (Å²) in [5.74, 6) is -4.10. The van der Waals surface area contributed by atoms with E-state index < -0.39 is 68.5 Å². The van der Waals surface area contributed by atoms with E-state index in [4.69, 9.17) is 0 Å². The number of nitrogens with zero attached hydrogens (tertiary/aromatic N) is 4. The number of aromatic amines is 1. The van der Waals surface area contributed by atoms with E-state index in [9.17, 15) is 45.2 Å². The largest absolute Gasteiger partial charge is 0.416 e. The summed E-state index contributed by atoms with van der Waals surface area (Å²) in [5.41, 5.74) is -2.91. The number of imide groups is 1. The van der Waals surface area contributed by atoms with Gasteiger partial charge in [0.1, 0.15) is 17.4 Å². The van der Waals surface area contributed by atoms with Crippen LogP contribution in [0.1, 0.15) is 35.7 Å². The number of benzene rings is 2. The summed E-state index contributed by atoms with van der Waals surface area (Å²) in [7, 11) is -4.30. The first-order valence-corrected chi connectivity index (χ1v) is 14.7. The van der Waals surface area contributed by atoms with E-state index in [0.717, 1.165) is 11.2 Å². The minimum atomic E-state index is -4.82. The number of H-pyrrole nitrogens is 1. The predicted octanol–water partition coefficient (Wildman–Crippen LogP) is 2.63. The monoisotopic (exact) mass is 624 g/mol. The second-order valence-electron chi connectivity index (χ2n) is 10.3. The molecule has 2 saturated heterocycles. The average Bonchev–Trinajstić information content (AvgIpc) is 3.47.